The Kier molecular flexibility index (Phi) is 5.49. The highest BCUT2D eigenvalue weighted by Gasteiger charge is 2.33. The Bertz CT molecular complexity index is 437. The highest BCUT2D eigenvalue weighted by molar-refractivity contribution is 7.99. The molecule has 0 bridgehead atoms. The molecule has 4 heteroatoms. The molecule has 1 saturated carbocycles. The van der Waals surface area contributed by atoms with Crippen LogP contribution in [-0.4, -0.2) is 41.4 Å². The van der Waals surface area contributed by atoms with Crippen LogP contribution in [-0.2, 0) is 11.2 Å². The maximum Gasteiger partial charge on any atom is 0.239 e. The van der Waals surface area contributed by atoms with Gasteiger partial charge in [-0.05, 0) is 31.1 Å². The van der Waals surface area contributed by atoms with E-state index in [1.54, 1.807) is 0 Å². The summed E-state index contributed by atoms with van der Waals surface area (Å²) in [5.41, 5.74) is 7.23. The van der Waals surface area contributed by atoms with Gasteiger partial charge in [0.2, 0.25) is 5.91 Å². The van der Waals surface area contributed by atoms with Crippen LogP contribution < -0.4 is 5.73 Å². The quantitative estimate of drug-likeness (QED) is 0.906. The summed E-state index contributed by atoms with van der Waals surface area (Å²) >= 11 is 1.87. The van der Waals surface area contributed by atoms with Crippen LogP contribution in [0.25, 0.3) is 0 Å². The summed E-state index contributed by atoms with van der Waals surface area (Å²) in [6.07, 6.45) is 6.26. The molecule has 110 valence electrons. The van der Waals surface area contributed by atoms with Gasteiger partial charge in [-0.2, -0.15) is 11.8 Å². The topological polar surface area (TPSA) is 46.3 Å². The molecule has 20 heavy (non-hydrogen) atoms. The zero-order valence-electron chi connectivity index (χ0n) is 12.3. The molecule has 1 aliphatic carbocycles. The first-order chi connectivity index (χ1) is 9.63. The molecule has 0 aromatic heterocycles. The molecule has 2 rings (SSSR count). The SMILES string of the molecule is CSC1CCCC1N(C)C(=O)[C@@H](N)Cc1ccccc1. The van der Waals surface area contributed by atoms with E-state index in [1.165, 1.54) is 12.8 Å². The van der Waals surface area contributed by atoms with Gasteiger partial charge in [0.25, 0.3) is 0 Å². The molecular weight excluding hydrogens is 268 g/mol. The van der Waals surface area contributed by atoms with E-state index < -0.39 is 6.04 Å². The second kappa shape index (κ2) is 7.14. The van der Waals surface area contributed by atoms with E-state index in [4.69, 9.17) is 5.73 Å². The number of rotatable bonds is 5. The smallest absolute Gasteiger partial charge is 0.239 e. The molecule has 0 aliphatic heterocycles. The van der Waals surface area contributed by atoms with Crippen LogP contribution >= 0.6 is 11.8 Å². The minimum atomic E-state index is -0.439. The Labute approximate surface area is 125 Å². The molecule has 2 N–H and O–H groups in total. The third kappa shape index (κ3) is 3.55. The molecule has 3 atom stereocenters. The summed E-state index contributed by atoms with van der Waals surface area (Å²) < 4.78 is 0. The van der Waals surface area contributed by atoms with E-state index in [1.807, 2.05) is 54.0 Å². The van der Waals surface area contributed by atoms with Gasteiger partial charge in [-0.3, -0.25) is 4.79 Å². The maximum absolute atomic E-state index is 12.5. The molecule has 1 aliphatic rings. The fourth-order valence-corrected chi connectivity index (χ4v) is 4.04. The van der Waals surface area contributed by atoms with E-state index in [0.717, 1.165) is 12.0 Å². The maximum atomic E-state index is 12.5. The number of benzene rings is 1. The number of hydrogen-bond donors (Lipinski definition) is 1. The van der Waals surface area contributed by atoms with Crippen LogP contribution in [0.15, 0.2) is 30.3 Å². The van der Waals surface area contributed by atoms with Crippen LogP contribution in [0.5, 0.6) is 0 Å². The van der Waals surface area contributed by atoms with Crippen molar-refractivity contribution in [1.82, 2.24) is 4.90 Å². The van der Waals surface area contributed by atoms with Gasteiger partial charge in [0.15, 0.2) is 0 Å². The predicted molar refractivity (Wildman–Crippen MR) is 85.8 cm³/mol. The normalized spacial score (nSPS) is 23.6. The molecule has 2 unspecified atom stereocenters. The summed E-state index contributed by atoms with van der Waals surface area (Å²) in [4.78, 5) is 14.4. The van der Waals surface area contributed by atoms with Crippen LogP contribution in [0.1, 0.15) is 24.8 Å². The Hall–Kier alpha value is -1.00. The van der Waals surface area contributed by atoms with E-state index >= 15 is 0 Å². The minimum absolute atomic E-state index is 0.0693. The molecule has 1 aromatic carbocycles. The van der Waals surface area contributed by atoms with Gasteiger partial charge in [-0.15, -0.1) is 0 Å². The number of nitrogens with two attached hydrogens (primary N) is 1. The van der Waals surface area contributed by atoms with Crippen molar-refractivity contribution in [1.29, 1.82) is 0 Å². The lowest BCUT2D eigenvalue weighted by Gasteiger charge is -2.31. The van der Waals surface area contributed by atoms with Gasteiger partial charge in [0, 0.05) is 18.3 Å². The van der Waals surface area contributed by atoms with E-state index in [2.05, 4.69) is 6.26 Å². The average Bonchev–Trinajstić information content (AvgIpc) is 2.95. The molecule has 0 saturated heterocycles. The fourth-order valence-electron chi connectivity index (χ4n) is 3.00. The van der Waals surface area contributed by atoms with Crippen molar-refractivity contribution in [3.05, 3.63) is 35.9 Å². The zero-order chi connectivity index (χ0) is 14.5. The number of nitrogens with zero attached hydrogens (tertiary/aromatic N) is 1. The van der Waals surface area contributed by atoms with Crippen LogP contribution in [0, 0.1) is 0 Å². The highest BCUT2D eigenvalue weighted by atomic mass is 32.2. The van der Waals surface area contributed by atoms with Crippen molar-refractivity contribution >= 4 is 17.7 Å². The molecule has 3 nitrogen and oxygen atoms in total. The Morgan fingerprint density at radius 2 is 2.10 bits per heavy atom. The molecule has 0 heterocycles. The molecule has 1 aromatic rings. The monoisotopic (exact) mass is 292 g/mol. The summed E-state index contributed by atoms with van der Waals surface area (Å²) in [5, 5.41) is 0.563. The van der Waals surface area contributed by atoms with Gasteiger partial charge in [-0.1, -0.05) is 36.8 Å². The van der Waals surface area contributed by atoms with E-state index in [-0.39, 0.29) is 5.91 Å². The second-order valence-electron chi connectivity index (χ2n) is 5.52. The van der Waals surface area contributed by atoms with Crippen LogP contribution in [0.2, 0.25) is 0 Å². The Morgan fingerprint density at radius 1 is 1.40 bits per heavy atom. The Balaban J connectivity index is 1.96. The summed E-state index contributed by atoms with van der Waals surface area (Å²) in [7, 11) is 1.91. The first kappa shape index (κ1) is 15.4. The highest BCUT2D eigenvalue weighted by Crippen LogP contribution is 2.31. The standard InChI is InChI=1S/C16H24N2OS/c1-18(14-9-6-10-15(14)20-2)16(19)13(17)11-12-7-4-3-5-8-12/h3-5,7-8,13-15H,6,9-11,17H2,1-2H3/t13-,14?,15?/m0/s1. The van der Waals surface area contributed by atoms with Crippen molar-refractivity contribution in [2.75, 3.05) is 13.3 Å². The summed E-state index contributed by atoms with van der Waals surface area (Å²) in [6.45, 7) is 0. The molecule has 1 amide bonds. The number of likely N-dealkylation sites (N-methyl/N-ethyl adjacent to an activating group) is 1. The molecule has 0 radical (unpaired) electrons. The van der Waals surface area contributed by atoms with Crippen molar-refractivity contribution in [3.63, 3.8) is 0 Å². The minimum Gasteiger partial charge on any atom is -0.340 e. The largest absolute Gasteiger partial charge is 0.340 e. The lowest BCUT2D eigenvalue weighted by atomic mass is 10.0. The van der Waals surface area contributed by atoms with Gasteiger partial charge in [0.1, 0.15) is 0 Å². The van der Waals surface area contributed by atoms with Gasteiger partial charge >= 0.3 is 0 Å². The van der Waals surface area contributed by atoms with Crippen molar-refractivity contribution in [2.24, 2.45) is 5.73 Å². The average molecular weight is 292 g/mol. The first-order valence-electron chi connectivity index (χ1n) is 7.22. The molecule has 0 spiro atoms. The third-order valence-electron chi connectivity index (χ3n) is 4.18. The summed E-state index contributed by atoms with van der Waals surface area (Å²) in [6, 6.07) is 9.89. The number of hydrogen-bond acceptors (Lipinski definition) is 3. The van der Waals surface area contributed by atoms with Crippen molar-refractivity contribution < 1.29 is 4.79 Å². The Morgan fingerprint density at radius 3 is 2.75 bits per heavy atom. The second-order valence-corrected chi connectivity index (χ2v) is 6.59. The van der Waals surface area contributed by atoms with Crippen molar-refractivity contribution in [3.8, 4) is 0 Å². The number of amides is 1. The van der Waals surface area contributed by atoms with Gasteiger partial charge in [0.05, 0.1) is 6.04 Å². The zero-order valence-corrected chi connectivity index (χ0v) is 13.1. The lowest BCUT2D eigenvalue weighted by Crippen LogP contribution is -2.49. The van der Waals surface area contributed by atoms with E-state index in [0.29, 0.717) is 17.7 Å². The number of carbonyl (C=O) groups is 1. The number of carbonyl (C=O) groups excluding carboxylic acids is 1. The molecular formula is C16H24N2OS. The predicted octanol–water partition coefficient (Wildman–Crippen LogP) is 2.30. The van der Waals surface area contributed by atoms with Gasteiger partial charge < -0.3 is 10.6 Å². The van der Waals surface area contributed by atoms with Crippen molar-refractivity contribution in [2.45, 2.75) is 43.0 Å². The fraction of sp³-hybridized carbons (Fsp3) is 0.562. The third-order valence-corrected chi connectivity index (χ3v) is 5.34. The number of thioether (sulfide) groups is 1. The van der Waals surface area contributed by atoms with Crippen LogP contribution in [0.3, 0.4) is 0 Å². The lowest BCUT2D eigenvalue weighted by molar-refractivity contribution is -0.133. The van der Waals surface area contributed by atoms with Crippen LogP contribution in [0.4, 0.5) is 0 Å². The van der Waals surface area contributed by atoms with Gasteiger partial charge in [-0.25, -0.2) is 0 Å². The molecule has 1 fully saturated rings. The summed E-state index contributed by atoms with van der Waals surface area (Å²) in [5.74, 6) is 0.0693. The first-order valence-corrected chi connectivity index (χ1v) is 8.51. The van der Waals surface area contributed by atoms with E-state index in [9.17, 15) is 4.79 Å².